The predicted octanol–water partition coefficient (Wildman–Crippen LogP) is 4.17. The largest absolute Gasteiger partial charge is 0.345 e. The summed E-state index contributed by atoms with van der Waals surface area (Å²) in [4.78, 5) is 13.7. The minimum atomic E-state index is 0.0635. The summed E-state index contributed by atoms with van der Waals surface area (Å²) in [5.41, 5.74) is 4.60. The summed E-state index contributed by atoms with van der Waals surface area (Å²) in [5, 5.41) is 5.18. The first-order valence-corrected chi connectivity index (χ1v) is 7.98. The molecule has 104 valence electrons. The van der Waals surface area contributed by atoms with Gasteiger partial charge in [-0.05, 0) is 49.8 Å². The lowest BCUT2D eigenvalue weighted by atomic mass is 9.87. The van der Waals surface area contributed by atoms with E-state index < -0.39 is 0 Å². The van der Waals surface area contributed by atoms with Crippen LogP contribution in [0.25, 0.3) is 0 Å². The summed E-state index contributed by atoms with van der Waals surface area (Å²) in [6.07, 6.45) is 3.30. The lowest BCUT2D eigenvalue weighted by Gasteiger charge is -2.26. The zero-order valence-electron chi connectivity index (χ0n) is 11.9. The molecule has 1 aliphatic carbocycles. The van der Waals surface area contributed by atoms with E-state index in [1.807, 2.05) is 12.3 Å². The maximum Gasteiger partial charge on any atom is 0.252 e. The molecule has 1 heterocycles. The Labute approximate surface area is 123 Å². The molecule has 3 heteroatoms. The number of benzene rings is 1. The number of rotatable bonds is 2. The van der Waals surface area contributed by atoms with Gasteiger partial charge >= 0.3 is 0 Å². The Kier molecular flexibility index (Phi) is 3.62. The molecule has 0 radical (unpaired) electrons. The van der Waals surface area contributed by atoms with E-state index in [0.717, 1.165) is 30.4 Å². The Balaban J connectivity index is 1.82. The van der Waals surface area contributed by atoms with Crippen molar-refractivity contribution in [3.05, 3.63) is 56.8 Å². The molecule has 1 N–H and O–H groups in total. The molecule has 0 fully saturated rings. The fraction of sp³-hybridized carbons (Fsp3) is 0.353. The molecule has 0 saturated heterocycles. The number of amides is 1. The number of aryl methyl sites for hydroxylation is 2. The van der Waals surface area contributed by atoms with Crippen molar-refractivity contribution < 1.29 is 4.79 Å². The normalized spacial score (nSPS) is 17.6. The van der Waals surface area contributed by atoms with Crippen LogP contribution in [0.4, 0.5) is 0 Å². The first-order chi connectivity index (χ1) is 9.66. The van der Waals surface area contributed by atoms with Gasteiger partial charge in [-0.25, -0.2) is 0 Å². The lowest BCUT2D eigenvalue weighted by molar-refractivity contribution is 0.0932. The molecule has 2 nitrogen and oxygen atoms in total. The predicted molar refractivity (Wildman–Crippen MR) is 83.4 cm³/mol. The molecule has 0 spiro atoms. The second kappa shape index (κ2) is 5.41. The molecule has 3 rings (SSSR count). The standard InChI is InChI=1S/C17H19NOS/c1-11-12(2)20-10-15(11)17(19)18-16-9-5-7-13-6-3-4-8-14(13)16/h3-4,6,8,10,16H,5,7,9H2,1-2H3,(H,18,19). The zero-order chi connectivity index (χ0) is 14.1. The van der Waals surface area contributed by atoms with Crippen molar-refractivity contribution in [1.29, 1.82) is 0 Å². The van der Waals surface area contributed by atoms with Crippen LogP contribution in [-0.2, 0) is 6.42 Å². The van der Waals surface area contributed by atoms with Gasteiger partial charge in [0.25, 0.3) is 5.91 Å². The number of carbonyl (C=O) groups is 1. The maximum atomic E-state index is 12.5. The molecule has 0 bridgehead atoms. The highest BCUT2D eigenvalue weighted by Gasteiger charge is 2.23. The number of nitrogens with one attached hydrogen (secondary N) is 1. The molecular weight excluding hydrogens is 266 g/mol. The van der Waals surface area contributed by atoms with Crippen LogP contribution in [0.2, 0.25) is 0 Å². The van der Waals surface area contributed by atoms with E-state index in [-0.39, 0.29) is 11.9 Å². The Hall–Kier alpha value is -1.61. The summed E-state index contributed by atoms with van der Waals surface area (Å²) >= 11 is 1.65. The van der Waals surface area contributed by atoms with Gasteiger partial charge in [0.1, 0.15) is 0 Å². The van der Waals surface area contributed by atoms with Crippen molar-refractivity contribution in [2.24, 2.45) is 0 Å². The molecule has 1 amide bonds. The quantitative estimate of drug-likeness (QED) is 0.881. The number of fused-ring (bicyclic) bond motifs is 1. The van der Waals surface area contributed by atoms with Crippen molar-refractivity contribution in [2.45, 2.75) is 39.2 Å². The van der Waals surface area contributed by atoms with Gasteiger partial charge in [-0.1, -0.05) is 24.3 Å². The summed E-state index contributed by atoms with van der Waals surface area (Å²) in [5.74, 6) is 0.0635. The molecule has 20 heavy (non-hydrogen) atoms. The van der Waals surface area contributed by atoms with Gasteiger partial charge < -0.3 is 5.32 Å². The second-order valence-electron chi connectivity index (χ2n) is 5.45. The van der Waals surface area contributed by atoms with Gasteiger partial charge in [0.05, 0.1) is 11.6 Å². The second-order valence-corrected chi connectivity index (χ2v) is 6.53. The van der Waals surface area contributed by atoms with E-state index in [4.69, 9.17) is 0 Å². The van der Waals surface area contributed by atoms with E-state index >= 15 is 0 Å². The van der Waals surface area contributed by atoms with Crippen LogP contribution in [0.5, 0.6) is 0 Å². The van der Waals surface area contributed by atoms with Gasteiger partial charge in [0.2, 0.25) is 0 Å². The van der Waals surface area contributed by atoms with Crippen LogP contribution in [0, 0.1) is 13.8 Å². The van der Waals surface area contributed by atoms with E-state index in [1.54, 1.807) is 11.3 Å². The first kappa shape index (κ1) is 13.4. The van der Waals surface area contributed by atoms with E-state index in [2.05, 4.69) is 36.5 Å². The number of hydrogen-bond acceptors (Lipinski definition) is 2. The minimum absolute atomic E-state index is 0.0635. The zero-order valence-corrected chi connectivity index (χ0v) is 12.7. The molecule has 1 aromatic carbocycles. The SMILES string of the molecule is Cc1scc(C(=O)NC2CCCc3ccccc32)c1C. The molecule has 1 atom stereocenters. The minimum Gasteiger partial charge on any atom is -0.345 e. The van der Waals surface area contributed by atoms with Gasteiger partial charge in [-0.2, -0.15) is 0 Å². The van der Waals surface area contributed by atoms with Crippen molar-refractivity contribution in [3.63, 3.8) is 0 Å². The van der Waals surface area contributed by atoms with Gasteiger partial charge in [0.15, 0.2) is 0 Å². The molecule has 1 unspecified atom stereocenters. The average molecular weight is 285 g/mol. The molecule has 0 saturated carbocycles. The number of carbonyl (C=O) groups excluding carboxylic acids is 1. The summed E-state index contributed by atoms with van der Waals surface area (Å²) in [6, 6.07) is 8.62. The Bertz CT molecular complexity index is 644. The first-order valence-electron chi connectivity index (χ1n) is 7.10. The lowest BCUT2D eigenvalue weighted by Crippen LogP contribution is -2.31. The highest BCUT2D eigenvalue weighted by atomic mass is 32.1. The Morgan fingerprint density at radius 1 is 1.30 bits per heavy atom. The average Bonchev–Trinajstić information content (AvgIpc) is 2.79. The number of thiophene rings is 1. The monoisotopic (exact) mass is 285 g/mol. The topological polar surface area (TPSA) is 29.1 Å². The highest BCUT2D eigenvalue weighted by Crippen LogP contribution is 2.30. The van der Waals surface area contributed by atoms with Crippen LogP contribution in [-0.4, -0.2) is 5.91 Å². The van der Waals surface area contributed by atoms with Crippen molar-refractivity contribution in [3.8, 4) is 0 Å². The smallest absolute Gasteiger partial charge is 0.252 e. The summed E-state index contributed by atoms with van der Waals surface area (Å²) < 4.78 is 0. The van der Waals surface area contributed by atoms with Crippen LogP contribution in [0.1, 0.15) is 50.8 Å². The summed E-state index contributed by atoms with van der Waals surface area (Å²) in [7, 11) is 0. The highest BCUT2D eigenvalue weighted by molar-refractivity contribution is 7.10. The molecule has 1 aromatic heterocycles. The van der Waals surface area contributed by atoms with Crippen LogP contribution >= 0.6 is 11.3 Å². The van der Waals surface area contributed by atoms with Crippen LogP contribution in [0.15, 0.2) is 29.6 Å². The molecule has 2 aromatic rings. The van der Waals surface area contributed by atoms with E-state index in [9.17, 15) is 4.79 Å². The molecule has 1 aliphatic rings. The van der Waals surface area contributed by atoms with Crippen LogP contribution in [0.3, 0.4) is 0 Å². The van der Waals surface area contributed by atoms with Gasteiger partial charge in [-0.3, -0.25) is 4.79 Å². The fourth-order valence-corrected chi connectivity index (χ4v) is 3.74. The van der Waals surface area contributed by atoms with Crippen molar-refractivity contribution in [1.82, 2.24) is 5.32 Å². The van der Waals surface area contributed by atoms with Gasteiger partial charge in [-0.15, -0.1) is 11.3 Å². The third-order valence-electron chi connectivity index (χ3n) is 4.21. The molecular formula is C17H19NOS. The third-order valence-corrected chi connectivity index (χ3v) is 5.22. The van der Waals surface area contributed by atoms with Gasteiger partial charge in [0, 0.05) is 10.3 Å². The number of hydrogen-bond donors (Lipinski definition) is 1. The summed E-state index contributed by atoms with van der Waals surface area (Å²) in [6.45, 7) is 4.09. The van der Waals surface area contributed by atoms with Crippen molar-refractivity contribution in [2.75, 3.05) is 0 Å². The maximum absolute atomic E-state index is 12.5. The van der Waals surface area contributed by atoms with Crippen molar-refractivity contribution >= 4 is 17.2 Å². The Morgan fingerprint density at radius 2 is 2.10 bits per heavy atom. The van der Waals surface area contributed by atoms with E-state index in [0.29, 0.717) is 0 Å². The van der Waals surface area contributed by atoms with E-state index in [1.165, 1.54) is 16.0 Å². The molecule has 0 aliphatic heterocycles. The fourth-order valence-electron chi connectivity index (χ4n) is 2.88. The van der Waals surface area contributed by atoms with Crippen LogP contribution < -0.4 is 5.32 Å². The third kappa shape index (κ3) is 2.38. The Morgan fingerprint density at radius 3 is 2.85 bits per heavy atom.